The second-order valence-electron chi connectivity index (χ2n) is 5.32. The van der Waals surface area contributed by atoms with Crippen LogP contribution in [0.3, 0.4) is 0 Å². The molecule has 3 N–H and O–H groups in total. The molecule has 2 rings (SSSR count). The van der Waals surface area contributed by atoms with Gasteiger partial charge in [-0.3, -0.25) is 0 Å². The smallest absolute Gasteiger partial charge is 0.319 e. The average Bonchev–Trinajstić information content (AvgIpc) is 2.54. The number of carbonyl (C=O) groups excluding carboxylic acids is 1. The van der Waals surface area contributed by atoms with E-state index in [2.05, 4.69) is 10.6 Å². The normalized spacial score (nSPS) is 13.0. The second-order valence-corrected chi connectivity index (χ2v) is 5.32. The number of halogens is 1. The quantitative estimate of drug-likeness (QED) is 0.794. The first kappa shape index (κ1) is 16.8. The Morgan fingerprint density at radius 1 is 1.17 bits per heavy atom. The highest BCUT2D eigenvalue weighted by molar-refractivity contribution is 5.89. The Bertz CT molecular complexity index is 655. The van der Waals surface area contributed by atoms with Crippen molar-refractivity contribution in [2.45, 2.75) is 12.5 Å². The highest BCUT2D eigenvalue weighted by Crippen LogP contribution is 2.20. The van der Waals surface area contributed by atoms with Gasteiger partial charge in [-0.25, -0.2) is 9.18 Å². The lowest BCUT2D eigenvalue weighted by molar-refractivity contribution is 0.0599. The number of hydrogen-bond acceptors (Lipinski definition) is 3. The van der Waals surface area contributed by atoms with E-state index in [9.17, 15) is 14.3 Å². The summed E-state index contributed by atoms with van der Waals surface area (Å²) in [5, 5.41) is 15.6. The van der Waals surface area contributed by atoms with Gasteiger partial charge >= 0.3 is 6.03 Å². The largest absolute Gasteiger partial charge is 0.497 e. The molecule has 5 nitrogen and oxygen atoms in total. The summed E-state index contributed by atoms with van der Waals surface area (Å²) in [4.78, 5) is 11.9. The number of methoxy groups -OCH3 is 1. The Morgan fingerprint density at radius 2 is 1.78 bits per heavy atom. The number of ether oxygens (including phenoxy) is 1. The molecule has 0 aromatic heterocycles. The lowest BCUT2D eigenvalue weighted by Crippen LogP contribution is -2.40. The molecule has 2 aromatic rings. The van der Waals surface area contributed by atoms with Gasteiger partial charge in [-0.15, -0.1) is 0 Å². The minimum atomic E-state index is -1.30. The molecule has 0 saturated heterocycles. The van der Waals surface area contributed by atoms with Crippen LogP contribution in [0, 0.1) is 5.82 Å². The van der Waals surface area contributed by atoms with E-state index >= 15 is 0 Å². The zero-order valence-corrected chi connectivity index (χ0v) is 13.0. The van der Waals surface area contributed by atoms with E-state index in [-0.39, 0.29) is 12.4 Å². The van der Waals surface area contributed by atoms with Crippen LogP contribution in [0.5, 0.6) is 5.75 Å². The molecule has 0 aliphatic rings. The van der Waals surface area contributed by atoms with Crippen molar-refractivity contribution in [3.63, 3.8) is 0 Å². The van der Waals surface area contributed by atoms with Crippen LogP contribution in [0.25, 0.3) is 0 Å². The number of benzene rings is 2. The third-order valence-corrected chi connectivity index (χ3v) is 3.41. The van der Waals surface area contributed by atoms with E-state index in [0.717, 1.165) is 0 Å². The van der Waals surface area contributed by atoms with E-state index < -0.39 is 11.6 Å². The van der Waals surface area contributed by atoms with Crippen LogP contribution in [-0.4, -0.2) is 24.8 Å². The van der Waals surface area contributed by atoms with Gasteiger partial charge in [-0.1, -0.05) is 12.1 Å². The van der Waals surface area contributed by atoms with Gasteiger partial charge in [0.15, 0.2) is 0 Å². The summed E-state index contributed by atoms with van der Waals surface area (Å²) in [6, 6.07) is 11.9. The van der Waals surface area contributed by atoms with Crippen molar-refractivity contribution in [1.29, 1.82) is 0 Å². The fourth-order valence-corrected chi connectivity index (χ4v) is 2.01. The number of anilines is 1. The van der Waals surface area contributed by atoms with Gasteiger partial charge in [0.05, 0.1) is 13.7 Å². The first-order valence-electron chi connectivity index (χ1n) is 7.08. The summed E-state index contributed by atoms with van der Waals surface area (Å²) in [7, 11) is 1.56. The number of hydrogen-bond donors (Lipinski definition) is 3. The average molecular weight is 318 g/mol. The van der Waals surface area contributed by atoms with E-state index in [1.165, 1.54) is 24.3 Å². The van der Waals surface area contributed by atoms with E-state index in [0.29, 0.717) is 17.0 Å². The number of rotatable bonds is 5. The summed E-state index contributed by atoms with van der Waals surface area (Å²) >= 11 is 0. The number of aliphatic hydroxyl groups is 1. The van der Waals surface area contributed by atoms with E-state index in [4.69, 9.17) is 4.74 Å². The second kappa shape index (κ2) is 7.11. The zero-order valence-electron chi connectivity index (χ0n) is 13.0. The van der Waals surface area contributed by atoms with Crippen molar-refractivity contribution < 1.29 is 19.0 Å². The van der Waals surface area contributed by atoms with Crippen molar-refractivity contribution in [2.24, 2.45) is 0 Å². The molecule has 0 radical (unpaired) electrons. The molecule has 122 valence electrons. The monoisotopic (exact) mass is 318 g/mol. The summed E-state index contributed by atoms with van der Waals surface area (Å²) in [6.07, 6.45) is 0. The summed E-state index contributed by atoms with van der Waals surface area (Å²) in [6.45, 7) is 1.54. The summed E-state index contributed by atoms with van der Waals surface area (Å²) in [5.41, 5.74) is -0.182. The maximum absolute atomic E-state index is 12.9. The highest BCUT2D eigenvalue weighted by Gasteiger charge is 2.23. The minimum Gasteiger partial charge on any atom is -0.497 e. The molecule has 0 heterocycles. The van der Waals surface area contributed by atoms with Crippen molar-refractivity contribution in [3.8, 4) is 5.75 Å². The molecule has 2 aromatic carbocycles. The number of nitrogens with one attached hydrogen (secondary N) is 2. The van der Waals surface area contributed by atoms with Crippen molar-refractivity contribution in [1.82, 2.24) is 5.32 Å². The summed E-state index contributed by atoms with van der Waals surface area (Å²) < 4.78 is 18.0. The van der Waals surface area contributed by atoms with Gasteiger partial charge in [0, 0.05) is 5.69 Å². The van der Waals surface area contributed by atoms with Crippen LogP contribution in [0.1, 0.15) is 12.5 Å². The van der Waals surface area contributed by atoms with Gasteiger partial charge in [0.1, 0.15) is 17.2 Å². The molecule has 0 saturated carbocycles. The molecule has 2 amide bonds. The Labute approximate surface area is 134 Å². The van der Waals surface area contributed by atoms with Crippen LogP contribution in [0.15, 0.2) is 48.5 Å². The Balaban J connectivity index is 1.90. The van der Waals surface area contributed by atoms with Crippen molar-refractivity contribution in [3.05, 3.63) is 59.9 Å². The van der Waals surface area contributed by atoms with Crippen LogP contribution in [0.4, 0.5) is 14.9 Å². The number of carbonyl (C=O) groups is 1. The van der Waals surface area contributed by atoms with Crippen LogP contribution < -0.4 is 15.4 Å². The Morgan fingerprint density at radius 3 is 2.35 bits per heavy atom. The standard InChI is InChI=1S/C17H19FN2O3/c1-17(22,12-3-5-13(18)6-4-12)11-19-16(21)20-14-7-9-15(23-2)10-8-14/h3-10,22H,11H2,1-2H3,(H2,19,20,21). The topological polar surface area (TPSA) is 70.6 Å². The van der Waals surface area contributed by atoms with Gasteiger partial charge in [-0.2, -0.15) is 0 Å². The maximum atomic E-state index is 12.9. The molecule has 23 heavy (non-hydrogen) atoms. The van der Waals surface area contributed by atoms with Crippen LogP contribution >= 0.6 is 0 Å². The first-order chi connectivity index (χ1) is 10.9. The molecule has 1 atom stereocenters. The van der Waals surface area contributed by atoms with Crippen LogP contribution in [0.2, 0.25) is 0 Å². The predicted molar refractivity (Wildman–Crippen MR) is 86.0 cm³/mol. The Hall–Kier alpha value is -2.60. The molecular formula is C17H19FN2O3. The lowest BCUT2D eigenvalue weighted by Gasteiger charge is -2.24. The van der Waals surface area contributed by atoms with Gasteiger partial charge in [0.25, 0.3) is 0 Å². The molecule has 0 aliphatic heterocycles. The molecule has 1 unspecified atom stereocenters. The van der Waals surface area contributed by atoms with E-state index in [1.807, 2.05) is 0 Å². The van der Waals surface area contributed by atoms with Crippen LogP contribution in [-0.2, 0) is 5.60 Å². The minimum absolute atomic E-state index is 0.0133. The SMILES string of the molecule is COc1ccc(NC(=O)NCC(C)(O)c2ccc(F)cc2)cc1. The van der Waals surface area contributed by atoms with Gasteiger partial charge in [0.2, 0.25) is 0 Å². The molecule has 0 spiro atoms. The lowest BCUT2D eigenvalue weighted by atomic mass is 9.96. The maximum Gasteiger partial charge on any atom is 0.319 e. The molecule has 0 aliphatic carbocycles. The van der Waals surface area contributed by atoms with Crippen molar-refractivity contribution in [2.75, 3.05) is 19.0 Å². The zero-order chi connectivity index (χ0) is 16.9. The first-order valence-corrected chi connectivity index (χ1v) is 7.08. The summed E-state index contributed by atoms with van der Waals surface area (Å²) in [5.74, 6) is 0.310. The van der Waals surface area contributed by atoms with Crippen molar-refractivity contribution >= 4 is 11.7 Å². The third-order valence-electron chi connectivity index (χ3n) is 3.41. The Kier molecular flexibility index (Phi) is 5.18. The molecule has 0 fully saturated rings. The fourth-order valence-electron chi connectivity index (χ4n) is 2.01. The van der Waals surface area contributed by atoms with E-state index in [1.54, 1.807) is 38.3 Å². The third kappa shape index (κ3) is 4.69. The van der Waals surface area contributed by atoms with Gasteiger partial charge in [-0.05, 0) is 48.9 Å². The molecule has 6 heteroatoms. The molecule has 0 bridgehead atoms. The predicted octanol–water partition coefficient (Wildman–Crippen LogP) is 2.86. The fraction of sp³-hybridized carbons (Fsp3) is 0.235. The number of urea groups is 1. The highest BCUT2D eigenvalue weighted by atomic mass is 19.1. The molecular weight excluding hydrogens is 299 g/mol. The number of amides is 2. The van der Waals surface area contributed by atoms with Gasteiger partial charge < -0.3 is 20.5 Å².